The molecule has 1 heterocycles. The van der Waals surface area contributed by atoms with E-state index in [1.54, 1.807) is 0 Å². The first-order valence-electron chi connectivity index (χ1n) is 6.54. The van der Waals surface area contributed by atoms with Crippen LogP contribution in [0.4, 0.5) is 5.69 Å². The fraction of sp³-hybridized carbons (Fsp3) is 0.188. The molecular weight excluding hydrogens is 234 g/mol. The molecule has 3 nitrogen and oxygen atoms in total. The second-order valence-electron chi connectivity index (χ2n) is 4.76. The highest BCUT2D eigenvalue weighted by Gasteiger charge is 2.16. The Bertz CT molecular complexity index is 590. The van der Waals surface area contributed by atoms with Crippen molar-refractivity contribution in [3.8, 4) is 0 Å². The van der Waals surface area contributed by atoms with Crippen LogP contribution >= 0.6 is 0 Å². The van der Waals surface area contributed by atoms with Gasteiger partial charge in [0, 0.05) is 13.1 Å². The molecule has 3 heteroatoms. The van der Waals surface area contributed by atoms with Crippen LogP contribution in [0, 0.1) is 0 Å². The molecule has 0 amide bonds. The highest BCUT2D eigenvalue weighted by molar-refractivity contribution is 5.83. The first-order valence-corrected chi connectivity index (χ1v) is 6.54. The number of hydrogen-bond donors (Lipinski definition) is 1. The molecule has 19 heavy (non-hydrogen) atoms. The molecular formula is C16H17N3. The zero-order valence-electron chi connectivity index (χ0n) is 10.8. The van der Waals surface area contributed by atoms with Crippen molar-refractivity contribution >= 4 is 11.6 Å². The van der Waals surface area contributed by atoms with Gasteiger partial charge in [-0.25, -0.2) is 4.99 Å². The Balaban J connectivity index is 1.71. The summed E-state index contributed by atoms with van der Waals surface area (Å²) in [6.45, 7) is 1.74. The van der Waals surface area contributed by atoms with E-state index in [-0.39, 0.29) is 0 Å². The van der Waals surface area contributed by atoms with Gasteiger partial charge in [-0.2, -0.15) is 0 Å². The molecule has 0 fully saturated rings. The van der Waals surface area contributed by atoms with Crippen molar-refractivity contribution in [2.45, 2.75) is 13.0 Å². The van der Waals surface area contributed by atoms with Crippen molar-refractivity contribution in [2.24, 2.45) is 10.7 Å². The van der Waals surface area contributed by atoms with Gasteiger partial charge in [0.25, 0.3) is 0 Å². The lowest BCUT2D eigenvalue weighted by molar-refractivity contribution is 0.407. The number of nitrogens with zero attached hydrogens (tertiary/aromatic N) is 2. The fourth-order valence-electron chi connectivity index (χ4n) is 2.34. The number of hydrogen-bond acceptors (Lipinski definition) is 3. The summed E-state index contributed by atoms with van der Waals surface area (Å²) >= 11 is 0. The van der Waals surface area contributed by atoms with Crippen LogP contribution in [0.3, 0.4) is 0 Å². The topological polar surface area (TPSA) is 41.6 Å². The second-order valence-corrected chi connectivity index (χ2v) is 4.76. The summed E-state index contributed by atoms with van der Waals surface area (Å²) in [6, 6.07) is 18.6. The van der Waals surface area contributed by atoms with Gasteiger partial charge in [0.05, 0.1) is 5.69 Å². The first kappa shape index (κ1) is 11.8. The van der Waals surface area contributed by atoms with E-state index in [4.69, 9.17) is 5.73 Å². The Morgan fingerprint density at radius 1 is 1.00 bits per heavy atom. The van der Waals surface area contributed by atoms with Crippen LogP contribution in [0.5, 0.6) is 0 Å². The third kappa shape index (κ3) is 2.60. The number of para-hydroxylation sites is 1. The molecule has 0 radical (unpaired) electrons. The monoisotopic (exact) mass is 251 g/mol. The lowest BCUT2D eigenvalue weighted by Gasteiger charge is -2.28. The van der Waals surface area contributed by atoms with Crippen LogP contribution in [-0.2, 0) is 13.0 Å². The summed E-state index contributed by atoms with van der Waals surface area (Å²) in [6.07, 6.45) is 0.985. The zero-order valence-corrected chi connectivity index (χ0v) is 10.8. The van der Waals surface area contributed by atoms with Crippen molar-refractivity contribution in [1.82, 2.24) is 4.90 Å². The molecule has 0 saturated heterocycles. The quantitative estimate of drug-likeness (QED) is 0.911. The molecule has 1 aliphatic heterocycles. The van der Waals surface area contributed by atoms with Gasteiger partial charge in [-0.3, -0.25) is 0 Å². The van der Waals surface area contributed by atoms with Crippen LogP contribution in [0.25, 0.3) is 0 Å². The lowest BCUT2D eigenvalue weighted by Crippen LogP contribution is -2.39. The predicted octanol–water partition coefficient (Wildman–Crippen LogP) is 2.69. The standard InChI is InChI=1S/C16H17N3/c17-16-18-15-9-5-4-8-14(15)12-19(16)11-10-13-6-2-1-3-7-13/h1-9H,10-12H2,(H2,17,18). The number of rotatable bonds is 3. The van der Waals surface area contributed by atoms with Gasteiger partial charge in [0.2, 0.25) is 0 Å². The molecule has 0 saturated carbocycles. The molecule has 0 bridgehead atoms. The van der Waals surface area contributed by atoms with Gasteiger partial charge in [-0.1, -0.05) is 48.5 Å². The van der Waals surface area contributed by atoms with Crippen LogP contribution in [0.1, 0.15) is 11.1 Å². The molecule has 0 aromatic heterocycles. The van der Waals surface area contributed by atoms with E-state index in [1.807, 2.05) is 24.3 Å². The number of aliphatic imine (C=N–C) groups is 1. The number of benzene rings is 2. The summed E-state index contributed by atoms with van der Waals surface area (Å²) in [5.74, 6) is 0.620. The van der Waals surface area contributed by atoms with Crippen LogP contribution in [0.2, 0.25) is 0 Å². The molecule has 96 valence electrons. The summed E-state index contributed by atoms with van der Waals surface area (Å²) < 4.78 is 0. The smallest absolute Gasteiger partial charge is 0.196 e. The minimum Gasteiger partial charge on any atom is -0.369 e. The van der Waals surface area contributed by atoms with E-state index < -0.39 is 0 Å². The number of fused-ring (bicyclic) bond motifs is 1. The minimum absolute atomic E-state index is 0.620. The molecule has 2 aromatic rings. The minimum atomic E-state index is 0.620. The molecule has 3 rings (SSSR count). The summed E-state index contributed by atoms with van der Waals surface area (Å²) in [4.78, 5) is 6.59. The zero-order chi connectivity index (χ0) is 13.1. The maximum Gasteiger partial charge on any atom is 0.196 e. The molecule has 1 aliphatic rings. The summed E-state index contributed by atoms with van der Waals surface area (Å²) in [5.41, 5.74) is 9.60. The number of guanidine groups is 1. The Morgan fingerprint density at radius 3 is 2.58 bits per heavy atom. The van der Waals surface area contributed by atoms with Gasteiger partial charge >= 0.3 is 0 Å². The lowest BCUT2D eigenvalue weighted by atomic mass is 10.1. The van der Waals surface area contributed by atoms with E-state index in [9.17, 15) is 0 Å². The number of nitrogens with two attached hydrogens (primary N) is 1. The van der Waals surface area contributed by atoms with Gasteiger partial charge in [-0.15, -0.1) is 0 Å². The molecule has 0 unspecified atom stereocenters. The van der Waals surface area contributed by atoms with Gasteiger partial charge in [0.15, 0.2) is 5.96 Å². The Morgan fingerprint density at radius 2 is 1.74 bits per heavy atom. The van der Waals surface area contributed by atoms with Gasteiger partial charge in [0.1, 0.15) is 0 Å². The van der Waals surface area contributed by atoms with Crippen LogP contribution < -0.4 is 5.73 Å². The third-order valence-corrected chi connectivity index (χ3v) is 3.43. The summed E-state index contributed by atoms with van der Waals surface area (Å²) in [7, 11) is 0. The van der Waals surface area contributed by atoms with Crippen LogP contribution in [-0.4, -0.2) is 17.4 Å². The van der Waals surface area contributed by atoms with E-state index in [2.05, 4.69) is 40.2 Å². The average molecular weight is 251 g/mol. The highest BCUT2D eigenvalue weighted by atomic mass is 15.3. The Labute approximate surface area is 113 Å². The van der Waals surface area contributed by atoms with Crippen molar-refractivity contribution in [3.05, 3.63) is 65.7 Å². The molecule has 0 aliphatic carbocycles. The molecule has 2 N–H and O–H groups in total. The SMILES string of the molecule is NC1=Nc2ccccc2CN1CCc1ccccc1. The van der Waals surface area contributed by atoms with Crippen molar-refractivity contribution in [3.63, 3.8) is 0 Å². The Hall–Kier alpha value is -2.29. The average Bonchev–Trinajstić information content (AvgIpc) is 2.46. The van der Waals surface area contributed by atoms with Crippen molar-refractivity contribution in [1.29, 1.82) is 0 Å². The van der Waals surface area contributed by atoms with Gasteiger partial charge in [-0.05, 0) is 23.6 Å². The normalized spacial score (nSPS) is 13.9. The second kappa shape index (κ2) is 5.14. The first-order chi connectivity index (χ1) is 9.33. The van der Waals surface area contributed by atoms with Crippen molar-refractivity contribution < 1.29 is 0 Å². The summed E-state index contributed by atoms with van der Waals surface area (Å²) in [5, 5.41) is 0. The highest BCUT2D eigenvalue weighted by Crippen LogP contribution is 2.24. The molecule has 0 spiro atoms. The van der Waals surface area contributed by atoms with E-state index in [0.29, 0.717) is 5.96 Å². The van der Waals surface area contributed by atoms with E-state index in [0.717, 1.165) is 25.2 Å². The van der Waals surface area contributed by atoms with E-state index in [1.165, 1.54) is 11.1 Å². The maximum atomic E-state index is 6.03. The van der Waals surface area contributed by atoms with E-state index >= 15 is 0 Å². The van der Waals surface area contributed by atoms with Crippen LogP contribution in [0.15, 0.2) is 59.6 Å². The van der Waals surface area contributed by atoms with Gasteiger partial charge < -0.3 is 10.6 Å². The Kier molecular flexibility index (Phi) is 3.19. The van der Waals surface area contributed by atoms with Crippen molar-refractivity contribution in [2.75, 3.05) is 6.54 Å². The maximum absolute atomic E-state index is 6.03. The largest absolute Gasteiger partial charge is 0.369 e. The third-order valence-electron chi connectivity index (χ3n) is 3.43. The molecule has 0 atom stereocenters. The fourth-order valence-corrected chi connectivity index (χ4v) is 2.34. The molecule has 2 aromatic carbocycles. The predicted molar refractivity (Wildman–Crippen MR) is 78.3 cm³/mol.